The van der Waals surface area contributed by atoms with Crippen LogP contribution in [0.1, 0.15) is 122 Å². The van der Waals surface area contributed by atoms with Gasteiger partial charge in [0.1, 0.15) is 6.54 Å². The Kier molecular flexibility index (Phi) is 24.7. The molecule has 0 aromatic rings. The van der Waals surface area contributed by atoms with Crippen molar-refractivity contribution in [3.8, 4) is 0 Å². The summed E-state index contributed by atoms with van der Waals surface area (Å²) in [5.41, 5.74) is 0. The van der Waals surface area contributed by atoms with Gasteiger partial charge < -0.3 is 17.5 Å². The van der Waals surface area contributed by atoms with Crippen molar-refractivity contribution in [3.63, 3.8) is 0 Å². The number of rotatable bonds is 21. The lowest BCUT2D eigenvalue weighted by Crippen LogP contribution is -3.00. The first-order valence-corrected chi connectivity index (χ1v) is 12.7. The fourth-order valence-electron chi connectivity index (χ4n) is 3.73. The van der Waals surface area contributed by atoms with Crippen LogP contribution < -0.4 is 12.4 Å². The average molecular weight is 446 g/mol. The smallest absolute Gasteiger partial charge is 0.313 e. The first-order chi connectivity index (χ1) is 14.0. The summed E-state index contributed by atoms with van der Waals surface area (Å²) in [6, 6.07) is 0. The molecule has 30 heavy (non-hydrogen) atoms. The number of amides is 1. The normalized spacial score (nSPS) is 11.7. The Bertz CT molecular complexity index is 396. The molecule has 0 atom stereocenters. The summed E-state index contributed by atoms with van der Waals surface area (Å²) in [5.74, 6) is 0.250. The van der Waals surface area contributed by atoms with E-state index in [1.807, 2.05) is 14.1 Å². The maximum Gasteiger partial charge on any atom is 0.313 e. The molecule has 1 N–H and O–H groups in total. The van der Waals surface area contributed by atoms with E-state index in [0.717, 1.165) is 12.8 Å². The van der Waals surface area contributed by atoms with E-state index in [1.54, 1.807) is 0 Å². The number of quaternary nitrogens is 1. The van der Waals surface area contributed by atoms with Gasteiger partial charge >= 0.3 is 5.91 Å². The van der Waals surface area contributed by atoms with Crippen LogP contribution >= 0.6 is 0 Å². The summed E-state index contributed by atoms with van der Waals surface area (Å²) in [6.07, 6.45) is 27.8. The largest absolute Gasteiger partial charge is 1.00 e. The third-order valence-corrected chi connectivity index (χ3v) is 5.99. The summed E-state index contributed by atoms with van der Waals surface area (Å²) < 4.78 is 0.310. The predicted molar refractivity (Wildman–Crippen MR) is 127 cm³/mol. The van der Waals surface area contributed by atoms with Crippen LogP contribution in [0.2, 0.25) is 0 Å². The van der Waals surface area contributed by atoms with Gasteiger partial charge in [-0.05, 0) is 32.1 Å². The number of carbonyl (C=O) groups excluding carboxylic acids is 1. The maximum atomic E-state index is 12.1. The second-order valence-electron chi connectivity index (χ2n) is 9.27. The van der Waals surface area contributed by atoms with E-state index in [1.165, 1.54) is 96.3 Å². The van der Waals surface area contributed by atoms with E-state index in [4.69, 9.17) is 5.11 Å². The highest BCUT2D eigenvalue weighted by atomic mass is 35.5. The molecule has 0 aliphatic carbocycles. The lowest BCUT2D eigenvalue weighted by molar-refractivity contribution is -0.814. The molecule has 4 heteroatoms. The van der Waals surface area contributed by atoms with Crippen molar-refractivity contribution in [2.24, 2.45) is 0 Å². The highest BCUT2D eigenvalue weighted by Crippen LogP contribution is 2.13. The molecule has 1 amide bonds. The zero-order chi connectivity index (χ0) is 21.6. The number of likely N-dealkylation sites (N-methyl/N-ethyl adjacent to an activating group) is 1. The van der Waals surface area contributed by atoms with Crippen LogP contribution in [-0.2, 0) is 4.79 Å². The summed E-state index contributed by atoms with van der Waals surface area (Å²) in [6.45, 7) is 2.88. The van der Waals surface area contributed by atoms with E-state index in [2.05, 4.69) is 19.1 Å². The van der Waals surface area contributed by atoms with Gasteiger partial charge in [0.15, 0.2) is 0 Å². The van der Waals surface area contributed by atoms with E-state index in [0.29, 0.717) is 17.4 Å². The van der Waals surface area contributed by atoms with Crippen LogP contribution in [0.3, 0.4) is 0 Å². The van der Waals surface area contributed by atoms with Crippen molar-refractivity contribution in [1.82, 2.24) is 0 Å². The lowest BCUT2D eigenvalue weighted by atomic mass is 10.0. The maximum absolute atomic E-state index is 12.1. The van der Waals surface area contributed by atoms with Gasteiger partial charge in [0.05, 0.1) is 27.1 Å². The molecule has 0 aromatic heterocycles. The number of unbranched alkanes of at least 4 members (excludes halogenated alkanes) is 15. The minimum atomic E-state index is 0. The monoisotopic (exact) mass is 445 g/mol. The van der Waals surface area contributed by atoms with Crippen molar-refractivity contribution >= 4 is 5.91 Å². The van der Waals surface area contributed by atoms with Crippen LogP contribution in [-0.4, -0.2) is 42.7 Å². The van der Waals surface area contributed by atoms with Gasteiger partial charge in [-0.25, -0.2) is 4.79 Å². The van der Waals surface area contributed by atoms with E-state index in [9.17, 15) is 4.79 Å². The molecule has 0 aromatic carbocycles. The van der Waals surface area contributed by atoms with Crippen molar-refractivity contribution < 1.29 is 26.8 Å². The molecule has 0 spiro atoms. The molecule has 0 unspecified atom stereocenters. The minimum absolute atomic E-state index is 0. The summed E-state index contributed by atoms with van der Waals surface area (Å²) in [4.78, 5) is 12.1. The van der Waals surface area contributed by atoms with Gasteiger partial charge in [0.25, 0.3) is 0 Å². The second kappa shape index (κ2) is 23.3. The Balaban J connectivity index is 0. The quantitative estimate of drug-likeness (QED) is 0.163. The van der Waals surface area contributed by atoms with Crippen LogP contribution in [0.4, 0.5) is 0 Å². The van der Waals surface area contributed by atoms with Crippen LogP contribution in [0, 0.1) is 0 Å². The topological polar surface area (TPSA) is 37.3 Å². The first kappa shape index (κ1) is 31.8. The Hall–Kier alpha value is -0.380. The van der Waals surface area contributed by atoms with Gasteiger partial charge in [-0.3, -0.25) is 4.48 Å². The molecular weight excluding hydrogens is 394 g/mol. The average Bonchev–Trinajstić information content (AvgIpc) is 2.69. The molecule has 0 aliphatic heterocycles. The Labute approximate surface area is 194 Å². The molecule has 0 saturated carbocycles. The fraction of sp³-hybridized carbons (Fsp3) is 0.885. The molecule has 0 saturated heterocycles. The summed E-state index contributed by atoms with van der Waals surface area (Å²) in [7, 11) is 3.79. The third-order valence-electron chi connectivity index (χ3n) is 5.99. The minimum Gasteiger partial charge on any atom is -1.00 e. The number of aliphatic hydroxyl groups excluding tert-OH is 1. The number of nitrogens with zero attached hydrogens (tertiary/aromatic N) is 1. The first-order valence-electron chi connectivity index (χ1n) is 12.7. The van der Waals surface area contributed by atoms with E-state index < -0.39 is 0 Å². The molecule has 0 heterocycles. The van der Waals surface area contributed by atoms with E-state index in [-0.39, 0.29) is 24.9 Å². The summed E-state index contributed by atoms with van der Waals surface area (Å²) in [5, 5.41) is 9.01. The lowest BCUT2D eigenvalue weighted by Gasteiger charge is -2.25. The standard InChI is InChI=1S/C26H52NO2.ClH/c1-4-5-6-7-8-9-10-11-12-13-14-15-16-17-18-19-20-21-22-23-26(29)27(2,3)24-25-28;/h11-12,28H,4-10,13-25H2,1-3H3;1H/q+1;/p-1/b12-11-;. The van der Waals surface area contributed by atoms with Crippen LogP contribution in [0.15, 0.2) is 12.2 Å². The Morgan fingerprint density at radius 3 is 1.53 bits per heavy atom. The highest BCUT2D eigenvalue weighted by Gasteiger charge is 2.24. The van der Waals surface area contributed by atoms with Gasteiger partial charge in [-0.1, -0.05) is 96.1 Å². The molecule has 3 nitrogen and oxygen atoms in total. The fourth-order valence-corrected chi connectivity index (χ4v) is 3.73. The van der Waals surface area contributed by atoms with Gasteiger partial charge in [-0.15, -0.1) is 0 Å². The Morgan fingerprint density at radius 1 is 0.700 bits per heavy atom. The van der Waals surface area contributed by atoms with Gasteiger partial charge in [-0.2, -0.15) is 0 Å². The molecule has 0 rings (SSSR count). The number of allylic oxidation sites excluding steroid dienone is 2. The number of aliphatic hydroxyl groups is 1. The second-order valence-corrected chi connectivity index (χ2v) is 9.27. The molecule has 0 radical (unpaired) electrons. The van der Waals surface area contributed by atoms with Crippen molar-refractivity contribution in [2.45, 2.75) is 122 Å². The number of hydrogen-bond acceptors (Lipinski definition) is 2. The van der Waals surface area contributed by atoms with Crippen molar-refractivity contribution in [3.05, 3.63) is 12.2 Å². The number of hydrogen-bond donors (Lipinski definition) is 1. The number of halogens is 1. The zero-order valence-corrected chi connectivity index (χ0v) is 21.2. The molecular formula is C26H52ClNO2. The molecule has 0 bridgehead atoms. The molecule has 0 aliphatic rings. The van der Waals surface area contributed by atoms with Crippen molar-refractivity contribution in [1.29, 1.82) is 0 Å². The van der Waals surface area contributed by atoms with Gasteiger partial charge in [0, 0.05) is 0 Å². The van der Waals surface area contributed by atoms with Crippen molar-refractivity contribution in [2.75, 3.05) is 27.2 Å². The summed E-state index contributed by atoms with van der Waals surface area (Å²) >= 11 is 0. The molecule has 180 valence electrons. The Morgan fingerprint density at radius 2 is 1.10 bits per heavy atom. The van der Waals surface area contributed by atoms with Crippen LogP contribution in [0.25, 0.3) is 0 Å². The predicted octanol–water partition coefficient (Wildman–Crippen LogP) is 4.18. The third kappa shape index (κ3) is 20.9. The SMILES string of the molecule is CCCCCCCC/C=C\CCCCCCCCCCCC(=O)[N+](C)(C)CCO.[Cl-]. The van der Waals surface area contributed by atoms with Gasteiger partial charge in [0.2, 0.25) is 0 Å². The zero-order valence-electron chi connectivity index (χ0n) is 20.5. The number of carbonyl (C=O) groups is 1. The van der Waals surface area contributed by atoms with Crippen LogP contribution in [0.5, 0.6) is 0 Å². The van der Waals surface area contributed by atoms with E-state index >= 15 is 0 Å². The highest BCUT2D eigenvalue weighted by molar-refractivity contribution is 5.68. The molecule has 0 fully saturated rings.